The predicted molar refractivity (Wildman–Crippen MR) is 63.7 cm³/mol. The van der Waals surface area contributed by atoms with E-state index < -0.39 is 0 Å². The van der Waals surface area contributed by atoms with Crippen LogP contribution in [0.2, 0.25) is 0 Å². The van der Waals surface area contributed by atoms with Crippen LogP contribution in [0.15, 0.2) is 18.3 Å². The molecular weight excluding hydrogens is 202 g/mol. The quantitative estimate of drug-likeness (QED) is 0.698. The van der Waals surface area contributed by atoms with Crippen molar-refractivity contribution in [1.82, 2.24) is 14.4 Å². The Morgan fingerprint density at radius 2 is 2.25 bits per heavy atom. The Kier molecular flexibility index (Phi) is 3.41. The molecule has 1 aromatic heterocycles. The highest BCUT2D eigenvalue weighted by Crippen LogP contribution is 2.10. The highest BCUT2D eigenvalue weighted by Gasteiger charge is 2.22. The first-order valence-corrected chi connectivity index (χ1v) is 5.70. The van der Waals surface area contributed by atoms with Gasteiger partial charge in [0.1, 0.15) is 0 Å². The van der Waals surface area contributed by atoms with Crippen LogP contribution in [0.5, 0.6) is 0 Å². The van der Waals surface area contributed by atoms with E-state index in [-0.39, 0.29) is 0 Å². The van der Waals surface area contributed by atoms with E-state index in [4.69, 9.17) is 0 Å². The summed E-state index contributed by atoms with van der Waals surface area (Å²) >= 11 is 0. The second-order valence-electron chi connectivity index (χ2n) is 4.60. The molecule has 4 nitrogen and oxygen atoms in total. The summed E-state index contributed by atoms with van der Waals surface area (Å²) in [6.07, 6.45) is 2.90. The third-order valence-electron chi connectivity index (χ3n) is 3.37. The Balaban J connectivity index is 2.05. The fraction of sp³-hybridized carbons (Fsp3) is 0.583. The van der Waals surface area contributed by atoms with Crippen LogP contribution in [0, 0.1) is 0 Å². The number of carbonyl (C=O) groups excluding carboxylic acids is 1. The van der Waals surface area contributed by atoms with Gasteiger partial charge in [-0.3, -0.25) is 9.69 Å². The van der Waals surface area contributed by atoms with Crippen molar-refractivity contribution in [2.24, 2.45) is 0 Å². The van der Waals surface area contributed by atoms with Crippen molar-refractivity contribution in [1.29, 1.82) is 0 Å². The van der Waals surface area contributed by atoms with Crippen LogP contribution in [0.1, 0.15) is 10.5 Å². The molecule has 0 aromatic carbocycles. The summed E-state index contributed by atoms with van der Waals surface area (Å²) in [5, 5.41) is 0. The van der Waals surface area contributed by atoms with E-state index >= 15 is 0 Å². The van der Waals surface area contributed by atoms with E-state index in [9.17, 15) is 4.79 Å². The maximum atomic E-state index is 10.8. The molecule has 0 spiro atoms. The number of hydrogen-bond donors (Lipinski definition) is 0. The standard InChI is InChI=1S/C12H19N3O/c1-13-6-7-14(2)12(8-13)9-15-5-3-4-11(15)10-16/h3-5,10,12H,6-9H2,1-2H3. The van der Waals surface area contributed by atoms with Gasteiger partial charge in [0.25, 0.3) is 0 Å². The minimum atomic E-state index is 0.491. The summed E-state index contributed by atoms with van der Waals surface area (Å²) in [5.41, 5.74) is 0.765. The number of piperazine rings is 1. The average molecular weight is 221 g/mol. The van der Waals surface area contributed by atoms with Crippen molar-refractivity contribution in [2.45, 2.75) is 12.6 Å². The Morgan fingerprint density at radius 3 is 3.00 bits per heavy atom. The molecule has 1 unspecified atom stereocenters. The molecule has 2 heterocycles. The molecule has 88 valence electrons. The van der Waals surface area contributed by atoms with Crippen LogP contribution >= 0.6 is 0 Å². The highest BCUT2D eigenvalue weighted by molar-refractivity contribution is 5.72. The molecule has 2 rings (SSSR count). The Bertz CT molecular complexity index is 361. The van der Waals surface area contributed by atoms with Gasteiger partial charge in [-0.2, -0.15) is 0 Å². The van der Waals surface area contributed by atoms with E-state index in [0.29, 0.717) is 6.04 Å². The summed E-state index contributed by atoms with van der Waals surface area (Å²) in [5.74, 6) is 0. The van der Waals surface area contributed by atoms with Gasteiger partial charge in [0.05, 0.1) is 5.69 Å². The second-order valence-corrected chi connectivity index (χ2v) is 4.60. The van der Waals surface area contributed by atoms with Gasteiger partial charge in [0.2, 0.25) is 0 Å². The number of aromatic nitrogens is 1. The van der Waals surface area contributed by atoms with E-state index in [1.165, 1.54) is 0 Å². The van der Waals surface area contributed by atoms with Crippen molar-refractivity contribution >= 4 is 6.29 Å². The monoisotopic (exact) mass is 221 g/mol. The van der Waals surface area contributed by atoms with E-state index in [2.05, 4.69) is 23.9 Å². The molecule has 1 aromatic rings. The number of nitrogens with zero attached hydrogens (tertiary/aromatic N) is 3. The minimum absolute atomic E-state index is 0.491. The third kappa shape index (κ3) is 2.33. The van der Waals surface area contributed by atoms with Crippen LogP contribution in [-0.4, -0.2) is 60.4 Å². The van der Waals surface area contributed by atoms with Gasteiger partial charge in [0.15, 0.2) is 6.29 Å². The molecule has 0 N–H and O–H groups in total. The minimum Gasteiger partial charge on any atom is -0.344 e. The van der Waals surface area contributed by atoms with Gasteiger partial charge in [-0.25, -0.2) is 0 Å². The lowest BCUT2D eigenvalue weighted by atomic mass is 10.2. The van der Waals surface area contributed by atoms with Gasteiger partial charge in [-0.15, -0.1) is 0 Å². The highest BCUT2D eigenvalue weighted by atomic mass is 16.1. The van der Waals surface area contributed by atoms with Crippen molar-refractivity contribution in [3.05, 3.63) is 24.0 Å². The smallest absolute Gasteiger partial charge is 0.166 e. The van der Waals surface area contributed by atoms with E-state index in [1.54, 1.807) is 0 Å². The molecule has 1 aliphatic heterocycles. The van der Waals surface area contributed by atoms with Gasteiger partial charge in [-0.05, 0) is 26.2 Å². The predicted octanol–water partition coefficient (Wildman–Crippen LogP) is 0.546. The third-order valence-corrected chi connectivity index (χ3v) is 3.37. The number of aldehydes is 1. The van der Waals surface area contributed by atoms with Gasteiger partial charge < -0.3 is 9.47 Å². The molecular formula is C12H19N3O. The molecule has 1 atom stereocenters. The number of rotatable bonds is 3. The number of hydrogen-bond acceptors (Lipinski definition) is 3. The molecule has 0 bridgehead atoms. The summed E-state index contributed by atoms with van der Waals surface area (Å²) in [7, 11) is 4.30. The number of likely N-dealkylation sites (N-methyl/N-ethyl adjacent to an activating group) is 2. The second kappa shape index (κ2) is 4.80. The Labute approximate surface area is 96.4 Å². The van der Waals surface area contributed by atoms with Crippen molar-refractivity contribution in [2.75, 3.05) is 33.7 Å². The van der Waals surface area contributed by atoms with Crippen molar-refractivity contribution < 1.29 is 4.79 Å². The topological polar surface area (TPSA) is 28.5 Å². The Morgan fingerprint density at radius 1 is 1.44 bits per heavy atom. The van der Waals surface area contributed by atoms with Crippen LogP contribution in [0.4, 0.5) is 0 Å². The maximum absolute atomic E-state index is 10.8. The fourth-order valence-electron chi connectivity index (χ4n) is 2.23. The molecule has 0 amide bonds. The SMILES string of the molecule is CN1CCN(C)C(Cn2cccc2C=O)C1. The molecule has 1 fully saturated rings. The molecule has 0 radical (unpaired) electrons. The summed E-state index contributed by atoms with van der Waals surface area (Å²) < 4.78 is 2.04. The molecule has 4 heteroatoms. The van der Waals surface area contributed by atoms with Crippen molar-refractivity contribution in [3.63, 3.8) is 0 Å². The normalized spacial score (nSPS) is 23.5. The molecule has 1 aliphatic rings. The Hall–Kier alpha value is -1.13. The lowest BCUT2D eigenvalue weighted by Crippen LogP contribution is -2.51. The lowest BCUT2D eigenvalue weighted by molar-refractivity contribution is 0.101. The zero-order valence-electron chi connectivity index (χ0n) is 9.97. The van der Waals surface area contributed by atoms with Crippen LogP contribution in [0.3, 0.4) is 0 Å². The fourth-order valence-corrected chi connectivity index (χ4v) is 2.23. The first-order chi connectivity index (χ1) is 7.70. The first-order valence-electron chi connectivity index (χ1n) is 5.70. The van der Waals surface area contributed by atoms with Gasteiger partial charge in [0, 0.05) is 38.4 Å². The van der Waals surface area contributed by atoms with E-state index in [0.717, 1.165) is 38.2 Å². The summed E-state index contributed by atoms with van der Waals surface area (Å²) in [6, 6.07) is 4.28. The van der Waals surface area contributed by atoms with Gasteiger partial charge in [-0.1, -0.05) is 0 Å². The largest absolute Gasteiger partial charge is 0.344 e. The van der Waals surface area contributed by atoms with Crippen LogP contribution in [-0.2, 0) is 6.54 Å². The van der Waals surface area contributed by atoms with E-state index in [1.807, 2.05) is 22.9 Å². The maximum Gasteiger partial charge on any atom is 0.166 e. The van der Waals surface area contributed by atoms with Crippen LogP contribution in [0.25, 0.3) is 0 Å². The van der Waals surface area contributed by atoms with Crippen molar-refractivity contribution in [3.8, 4) is 0 Å². The van der Waals surface area contributed by atoms with Gasteiger partial charge >= 0.3 is 0 Å². The molecule has 1 saturated heterocycles. The average Bonchev–Trinajstić information content (AvgIpc) is 2.71. The summed E-state index contributed by atoms with van der Waals surface area (Å²) in [6.45, 7) is 4.17. The summed E-state index contributed by atoms with van der Waals surface area (Å²) in [4.78, 5) is 15.5. The zero-order valence-corrected chi connectivity index (χ0v) is 9.97. The number of carbonyl (C=O) groups is 1. The molecule has 16 heavy (non-hydrogen) atoms. The zero-order chi connectivity index (χ0) is 11.5. The molecule has 0 aliphatic carbocycles. The first kappa shape index (κ1) is 11.4. The van der Waals surface area contributed by atoms with Crippen LogP contribution < -0.4 is 0 Å². The molecule has 0 saturated carbocycles. The lowest BCUT2D eigenvalue weighted by Gasteiger charge is -2.38.